The van der Waals surface area contributed by atoms with Crippen LogP contribution in [0.2, 0.25) is 0 Å². The summed E-state index contributed by atoms with van der Waals surface area (Å²) in [6.45, 7) is 6.35. The van der Waals surface area contributed by atoms with Gasteiger partial charge in [0.05, 0.1) is 11.3 Å². The van der Waals surface area contributed by atoms with Crippen LogP contribution in [0, 0.1) is 18.3 Å². The zero-order valence-corrected chi connectivity index (χ0v) is 11.6. The minimum Gasteiger partial charge on any atom is -0.381 e. The van der Waals surface area contributed by atoms with Crippen LogP contribution < -0.4 is 5.32 Å². The predicted octanol–water partition coefficient (Wildman–Crippen LogP) is 3.81. The molecule has 2 nitrogen and oxygen atoms in total. The van der Waals surface area contributed by atoms with Gasteiger partial charge in [-0.3, -0.25) is 0 Å². The van der Waals surface area contributed by atoms with E-state index < -0.39 is 0 Å². The Balaban J connectivity index is 2.59. The van der Waals surface area contributed by atoms with E-state index in [4.69, 9.17) is 5.26 Å². The summed E-state index contributed by atoms with van der Waals surface area (Å²) in [5, 5.41) is 12.5. The fourth-order valence-electron chi connectivity index (χ4n) is 1.62. The zero-order chi connectivity index (χ0) is 12.7. The second kappa shape index (κ2) is 7.24. The molecule has 0 radical (unpaired) electrons. The van der Waals surface area contributed by atoms with E-state index in [9.17, 15) is 0 Å². The summed E-state index contributed by atoms with van der Waals surface area (Å²) in [5.41, 5.74) is 2.81. The van der Waals surface area contributed by atoms with Crippen molar-refractivity contribution in [2.24, 2.45) is 0 Å². The number of thioether (sulfide) groups is 1. The van der Waals surface area contributed by atoms with Crippen LogP contribution in [0.4, 0.5) is 5.69 Å². The molecule has 1 unspecified atom stereocenters. The van der Waals surface area contributed by atoms with Gasteiger partial charge in [0, 0.05) is 6.04 Å². The van der Waals surface area contributed by atoms with Crippen molar-refractivity contribution in [1.82, 2.24) is 0 Å². The number of nitrogens with one attached hydrogen (secondary N) is 1. The molecule has 0 aliphatic carbocycles. The van der Waals surface area contributed by atoms with Gasteiger partial charge < -0.3 is 5.32 Å². The summed E-state index contributed by atoms with van der Waals surface area (Å²) in [6, 6.07) is 8.61. The normalized spacial score (nSPS) is 11.9. The highest BCUT2D eigenvalue weighted by Crippen LogP contribution is 2.18. The highest BCUT2D eigenvalue weighted by molar-refractivity contribution is 7.99. The first-order valence-corrected chi connectivity index (χ1v) is 7.18. The number of rotatable bonds is 6. The number of nitriles is 1. The Morgan fingerprint density at radius 3 is 2.88 bits per heavy atom. The number of aryl methyl sites for hydroxylation is 1. The van der Waals surface area contributed by atoms with Crippen molar-refractivity contribution in [2.75, 3.05) is 16.8 Å². The standard InChI is InChI=1S/C14H20N2S/c1-4-17-8-7-12(3)16-14-6-5-11(2)9-13(14)10-15/h5-6,9,12,16H,4,7-8H2,1-3H3. The average molecular weight is 248 g/mol. The number of anilines is 1. The molecule has 1 atom stereocenters. The Bertz CT molecular complexity index is 396. The quantitative estimate of drug-likeness (QED) is 0.778. The highest BCUT2D eigenvalue weighted by Gasteiger charge is 2.06. The Morgan fingerprint density at radius 2 is 2.24 bits per heavy atom. The van der Waals surface area contributed by atoms with Gasteiger partial charge in [-0.15, -0.1) is 0 Å². The second-order valence-electron chi connectivity index (χ2n) is 4.19. The van der Waals surface area contributed by atoms with E-state index in [1.807, 2.05) is 36.9 Å². The molecular weight excluding hydrogens is 228 g/mol. The largest absolute Gasteiger partial charge is 0.381 e. The Kier molecular flexibility index (Phi) is 5.93. The maximum atomic E-state index is 9.08. The Labute approximate surface area is 108 Å². The van der Waals surface area contributed by atoms with Crippen molar-refractivity contribution in [2.45, 2.75) is 33.2 Å². The average Bonchev–Trinajstić information content (AvgIpc) is 2.32. The lowest BCUT2D eigenvalue weighted by Crippen LogP contribution is -2.16. The molecular formula is C14H20N2S. The van der Waals surface area contributed by atoms with Gasteiger partial charge in [0.25, 0.3) is 0 Å². The summed E-state index contributed by atoms with van der Waals surface area (Å²) >= 11 is 1.95. The number of hydrogen-bond acceptors (Lipinski definition) is 3. The second-order valence-corrected chi connectivity index (χ2v) is 5.59. The first-order chi connectivity index (χ1) is 8.17. The molecule has 17 heavy (non-hydrogen) atoms. The minimum absolute atomic E-state index is 0.406. The fraction of sp³-hybridized carbons (Fsp3) is 0.500. The van der Waals surface area contributed by atoms with Gasteiger partial charge in [0.1, 0.15) is 6.07 Å². The molecule has 0 heterocycles. The van der Waals surface area contributed by atoms with Crippen LogP contribution in [0.25, 0.3) is 0 Å². The molecule has 0 aliphatic heterocycles. The van der Waals surface area contributed by atoms with Crippen molar-refractivity contribution in [3.8, 4) is 6.07 Å². The molecule has 92 valence electrons. The highest BCUT2D eigenvalue weighted by atomic mass is 32.2. The van der Waals surface area contributed by atoms with Crippen LogP contribution in [0.15, 0.2) is 18.2 Å². The van der Waals surface area contributed by atoms with Crippen LogP contribution in [0.5, 0.6) is 0 Å². The molecule has 0 fully saturated rings. The molecule has 0 aromatic heterocycles. The molecule has 1 aromatic rings. The number of hydrogen-bond donors (Lipinski definition) is 1. The van der Waals surface area contributed by atoms with E-state index in [0.29, 0.717) is 6.04 Å². The maximum absolute atomic E-state index is 9.08. The summed E-state index contributed by atoms with van der Waals surface area (Å²) in [4.78, 5) is 0. The van der Waals surface area contributed by atoms with Gasteiger partial charge in [-0.1, -0.05) is 13.0 Å². The van der Waals surface area contributed by atoms with Gasteiger partial charge in [-0.25, -0.2) is 0 Å². The Hall–Kier alpha value is -1.14. The maximum Gasteiger partial charge on any atom is 0.101 e. The van der Waals surface area contributed by atoms with Gasteiger partial charge in [-0.05, 0) is 49.5 Å². The van der Waals surface area contributed by atoms with Crippen LogP contribution in [0.1, 0.15) is 31.4 Å². The van der Waals surface area contributed by atoms with Gasteiger partial charge in [0.15, 0.2) is 0 Å². The SMILES string of the molecule is CCSCCC(C)Nc1ccc(C)cc1C#N. The molecule has 0 bridgehead atoms. The third kappa shape index (κ3) is 4.70. The van der Waals surface area contributed by atoms with E-state index >= 15 is 0 Å². The minimum atomic E-state index is 0.406. The summed E-state index contributed by atoms with van der Waals surface area (Å²) < 4.78 is 0. The van der Waals surface area contributed by atoms with Crippen molar-refractivity contribution in [3.63, 3.8) is 0 Å². The zero-order valence-electron chi connectivity index (χ0n) is 10.8. The number of nitrogens with zero attached hydrogens (tertiary/aromatic N) is 1. The molecule has 0 spiro atoms. The van der Waals surface area contributed by atoms with Crippen LogP contribution in [-0.2, 0) is 0 Å². The molecule has 1 aromatic carbocycles. The molecule has 3 heteroatoms. The summed E-state index contributed by atoms with van der Waals surface area (Å²) in [6.07, 6.45) is 1.12. The smallest absolute Gasteiger partial charge is 0.101 e. The van der Waals surface area contributed by atoms with Crippen molar-refractivity contribution < 1.29 is 0 Å². The lowest BCUT2D eigenvalue weighted by Gasteiger charge is -2.16. The van der Waals surface area contributed by atoms with Crippen molar-refractivity contribution in [1.29, 1.82) is 5.26 Å². The van der Waals surface area contributed by atoms with E-state index in [0.717, 1.165) is 23.2 Å². The van der Waals surface area contributed by atoms with Gasteiger partial charge >= 0.3 is 0 Å². The van der Waals surface area contributed by atoms with E-state index in [-0.39, 0.29) is 0 Å². The third-order valence-electron chi connectivity index (χ3n) is 2.60. The van der Waals surface area contributed by atoms with Crippen LogP contribution in [0.3, 0.4) is 0 Å². The lowest BCUT2D eigenvalue weighted by atomic mass is 10.1. The predicted molar refractivity (Wildman–Crippen MR) is 76.6 cm³/mol. The molecule has 1 N–H and O–H groups in total. The van der Waals surface area contributed by atoms with Crippen molar-refractivity contribution >= 4 is 17.4 Å². The third-order valence-corrected chi connectivity index (χ3v) is 3.53. The molecule has 1 rings (SSSR count). The summed E-state index contributed by atoms with van der Waals surface area (Å²) in [7, 11) is 0. The van der Waals surface area contributed by atoms with Crippen LogP contribution in [-0.4, -0.2) is 17.5 Å². The van der Waals surface area contributed by atoms with E-state index in [1.54, 1.807) is 0 Å². The lowest BCUT2D eigenvalue weighted by molar-refractivity contribution is 0.771. The monoisotopic (exact) mass is 248 g/mol. The van der Waals surface area contributed by atoms with Gasteiger partial charge in [-0.2, -0.15) is 17.0 Å². The van der Waals surface area contributed by atoms with E-state index in [2.05, 4.69) is 25.2 Å². The Morgan fingerprint density at radius 1 is 1.47 bits per heavy atom. The number of benzene rings is 1. The van der Waals surface area contributed by atoms with Gasteiger partial charge in [0.2, 0.25) is 0 Å². The first kappa shape index (κ1) is 13.9. The molecule has 0 saturated heterocycles. The van der Waals surface area contributed by atoms with E-state index in [1.165, 1.54) is 11.5 Å². The first-order valence-electron chi connectivity index (χ1n) is 6.02. The fourth-order valence-corrected chi connectivity index (χ4v) is 2.43. The van der Waals surface area contributed by atoms with Crippen LogP contribution >= 0.6 is 11.8 Å². The molecule has 0 aliphatic rings. The molecule has 0 amide bonds. The van der Waals surface area contributed by atoms with Crippen molar-refractivity contribution in [3.05, 3.63) is 29.3 Å². The summed E-state index contributed by atoms with van der Waals surface area (Å²) in [5.74, 6) is 2.33. The molecule has 0 saturated carbocycles. The topological polar surface area (TPSA) is 35.8 Å².